The monoisotopic (exact) mass is 316 g/mol. The van der Waals surface area contributed by atoms with Crippen LogP contribution in [0.4, 0.5) is 4.39 Å². The minimum absolute atomic E-state index is 0.170. The van der Waals surface area contributed by atoms with Gasteiger partial charge in [0.2, 0.25) is 0 Å². The SMILES string of the molecule is CC1CCCC(SCc2ccc(F)cc2Br)C1. The van der Waals surface area contributed by atoms with Crippen LogP contribution in [0.15, 0.2) is 22.7 Å². The maximum atomic E-state index is 13.0. The van der Waals surface area contributed by atoms with Crippen molar-refractivity contribution in [1.29, 1.82) is 0 Å². The summed E-state index contributed by atoms with van der Waals surface area (Å²) < 4.78 is 13.9. The number of thioether (sulfide) groups is 1. The summed E-state index contributed by atoms with van der Waals surface area (Å²) in [4.78, 5) is 0. The Labute approximate surface area is 116 Å². The van der Waals surface area contributed by atoms with E-state index in [0.29, 0.717) is 0 Å². The molecule has 0 radical (unpaired) electrons. The molecule has 0 aromatic heterocycles. The first-order valence-electron chi connectivity index (χ1n) is 6.20. The summed E-state index contributed by atoms with van der Waals surface area (Å²) in [6.45, 7) is 2.35. The van der Waals surface area contributed by atoms with Crippen LogP contribution in [0.25, 0.3) is 0 Å². The van der Waals surface area contributed by atoms with Crippen LogP contribution in [0, 0.1) is 11.7 Å². The Morgan fingerprint density at radius 1 is 1.41 bits per heavy atom. The van der Waals surface area contributed by atoms with E-state index in [1.165, 1.54) is 31.2 Å². The molecule has 3 heteroatoms. The van der Waals surface area contributed by atoms with Gasteiger partial charge < -0.3 is 0 Å². The molecule has 0 nitrogen and oxygen atoms in total. The average Bonchev–Trinajstić information content (AvgIpc) is 2.28. The first-order valence-corrected chi connectivity index (χ1v) is 8.05. The van der Waals surface area contributed by atoms with E-state index in [9.17, 15) is 4.39 Å². The third-order valence-corrected chi connectivity index (χ3v) is 5.49. The lowest BCUT2D eigenvalue weighted by atomic mass is 9.91. The molecule has 17 heavy (non-hydrogen) atoms. The molecule has 0 bridgehead atoms. The van der Waals surface area contributed by atoms with Crippen molar-refractivity contribution in [2.45, 2.75) is 43.6 Å². The second kappa shape index (κ2) is 6.24. The fraction of sp³-hybridized carbons (Fsp3) is 0.571. The van der Waals surface area contributed by atoms with Gasteiger partial charge >= 0.3 is 0 Å². The molecule has 1 saturated carbocycles. The normalized spacial score (nSPS) is 24.9. The van der Waals surface area contributed by atoms with Gasteiger partial charge in [0.05, 0.1) is 0 Å². The molecule has 1 aliphatic carbocycles. The molecular formula is C14H18BrFS. The zero-order chi connectivity index (χ0) is 12.3. The summed E-state index contributed by atoms with van der Waals surface area (Å²) in [5, 5.41) is 0.788. The lowest BCUT2D eigenvalue weighted by molar-refractivity contribution is 0.394. The van der Waals surface area contributed by atoms with Crippen molar-refractivity contribution in [2.24, 2.45) is 5.92 Å². The van der Waals surface area contributed by atoms with E-state index in [1.54, 1.807) is 12.1 Å². The summed E-state index contributed by atoms with van der Waals surface area (Å²) in [6.07, 6.45) is 5.43. The van der Waals surface area contributed by atoms with Crippen LogP contribution in [-0.2, 0) is 5.75 Å². The van der Waals surface area contributed by atoms with Crippen molar-refractivity contribution in [2.75, 3.05) is 0 Å². The van der Waals surface area contributed by atoms with Gasteiger partial charge in [-0.3, -0.25) is 0 Å². The predicted molar refractivity (Wildman–Crippen MR) is 76.8 cm³/mol. The molecule has 0 aliphatic heterocycles. The second-order valence-electron chi connectivity index (χ2n) is 4.94. The lowest BCUT2D eigenvalue weighted by Crippen LogP contribution is -2.15. The van der Waals surface area contributed by atoms with Gasteiger partial charge in [0, 0.05) is 15.5 Å². The predicted octanol–water partition coefficient (Wildman–Crippen LogP) is 5.40. The molecule has 0 amide bonds. The third kappa shape index (κ3) is 3.99. The van der Waals surface area contributed by atoms with Gasteiger partial charge in [-0.25, -0.2) is 4.39 Å². The standard InChI is InChI=1S/C14H18BrFS/c1-10-3-2-4-13(7-10)17-9-11-5-6-12(16)8-14(11)15/h5-6,8,10,13H,2-4,7,9H2,1H3. The third-order valence-electron chi connectivity index (χ3n) is 3.38. The summed E-state index contributed by atoms with van der Waals surface area (Å²) in [7, 11) is 0. The van der Waals surface area contributed by atoms with Gasteiger partial charge in [-0.1, -0.05) is 41.8 Å². The molecule has 1 aromatic carbocycles. The topological polar surface area (TPSA) is 0 Å². The first kappa shape index (κ1) is 13.4. The molecule has 94 valence electrons. The Balaban J connectivity index is 1.88. The average molecular weight is 317 g/mol. The van der Waals surface area contributed by atoms with Crippen LogP contribution in [0.1, 0.15) is 38.2 Å². The van der Waals surface area contributed by atoms with E-state index >= 15 is 0 Å². The van der Waals surface area contributed by atoms with Crippen molar-refractivity contribution in [3.63, 3.8) is 0 Å². The van der Waals surface area contributed by atoms with Gasteiger partial charge in [-0.15, -0.1) is 0 Å². The van der Waals surface area contributed by atoms with E-state index < -0.39 is 0 Å². The van der Waals surface area contributed by atoms with E-state index in [4.69, 9.17) is 0 Å². The fourth-order valence-corrected chi connectivity index (χ4v) is 4.52. The second-order valence-corrected chi connectivity index (χ2v) is 7.08. The zero-order valence-corrected chi connectivity index (χ0v) is 12.5. The Bertz CT molecular complexity index is 380. The molecule has 1 fully saturated rings. The summed E-state index contributed by atoms with van der Waals surface area (Å²) >= 11 is 5.45. The van der Waals surface area contributed by atoms with Crippen molar-refractivity contribution < 1.29 is 4.39 Å². The molecule has 2 rings (SSSR count). The van der Waals surface area contributed by atoms with E-state index in [1.807, 2.05) is 17.8 Å². The number of benzene rings is 1. The molecular weight excluding hydrogens is 299 g/mol. The summed E-state index contributed by atoms with van der Waals surface area (Å²) in [6, 6.07) is 4.99. The van der Waals surface area contributed by atoms with Crippen molar-refractivity contribution in [1.82, 2.24) is 0 Å². The van der Waals surface area contributed by atoms with E-state index in [0.717, 1.165) is 21.4 Å². The molecule has 2 atom stereocenters. The number of rotatable bonds is 3. The van der Waals surface area contributed by atoms with Gasteiger partial charge in [0.15, 0.2) is 0 Å². The molecule has 0 heterocycles. The zero-order valence-electron chi connectivity index (χ0n) is 10.1. The van der Waals surface area contributed by atoms with Crippen molar-refractivity contribution in [3.8, 4) is 0 Å². The summed E-state index contributed by atoms with van der Waals surface area (Å²) in [5.74, 6) is 1.69. The Kier molecular flexibility index (Phi) is 4.92. The lowest BCUT2D eigenvalue weighted by Gasteiger charge is -2.26. The van der Waals surface area contributed by atoms with Gasteiger partial charge in [0.25, 0.3) is 0 Å². The molecule has 0 N–H and O–H groups in total. The van der Waals surface area contributed by atoms with E-state index in [2.05, 4.69) is 22.9 Å². The molecule has 2 unspecified atom stereocenters. The summed E-state index contributed by atoms with van der Waals surface area (Å²) in [5.41, 5.74) is 1.20. The highest BCUT2D eigenvalue weighted by atomic mass is 79.9. The number of halogens is 2. The quantitative estimate of drug-likeness (QED) is 0.719. The molecule has 0 spiro atoms. The number of hydrogen-bond donors (Lipinski definition) is 0. The Hall–Kier alpha value is -0.0200. The smallest absolute Gasteiger partial charge is 0.124 e. The van der Waals surface area contributed by atoms with Gasteiger partial charge in [-0.2, -0.15) is 11.8 Å². The van der Waals surface area contributed by atoms with Gasteiger partial charge in [0.1, 0.15) is 5.82 Å². The molecule has 0 saturated heterocycles. The van der Waals surface area contributed by atoms with Crippen LogP contribution in [0.3, 0.4) is 0 Å². The van der Waals surface area contributed by atoms with Crippen LogP contribution in [0.2, 0.25) is 0 Å². The number of hydrogen-bond acceptors (Lipinski definition) is 1. The van der Waals surface area contributed by atoms with Crippen molar-refractivity contribution >= 4 is 27.7 Å². The molecule has 1 aliphatic rings. The van der Waals surface area contributed by atoms with Crippen LogP contribution < -0.4 is 0 Å². The first-order chi connectivity index (χ1) is 8.15. The van der Waals surface area contributed by atoms with E-state index in [-0.39, 0.29) is 5.82 Å². The Morgan fingerprint density at radius 2 is 2.24 bits per heavy atom. The van der Waals surface area contributed by atoms with Crippen LogP contribution in [0.5, 0.6) is 0 Å². The highest BCUT2D eigenvalue weighted by Crippen LogP contribution is 2.34. The Morgan fingerprint density at radius 3 is 2.94 bits per heavy atom. The van der Waals surface area contributed by atoms with Gasteiger partial charge in [-0.05, 0) is 36.5 Å². The largest absolute Gasteiger partial charge is 0.207 e. The minimum atomic E-state index is -0.170. The van der Waals surface area contributed by atoms with Crippen LogP contribution >= 0.6 is 27.7 Å². The highest BCUT2D eigenvalue weighted by molar-refractivity contribution is 9.10. The van der Waals surface area contributed by atoms with Crippen LogP contribution in [-0.4, -0.2) is 5.25 Å². The minimum Gasteiger partial charge on any atom is -0.207 e. The highest BCUT2D eigenvalue weighted by Gasteiger charge is 2.19. The fourth-order valence-electron chi connectivity index (χ4n) is 2.38. The maximum absolute atomic E-state index is 13.0. The molecule has 1 aromatic rings. The van der Waals surface area contributed by atoms with Crippen molar-refractivity contribution in [3.05, 3.63) is 34.1 Å². The maximum Gasteiger partial charge on any atom is 0.124 e.